The quantitative estimate of drug-likeness (QED) is 0.418. The van der Waals surface area contributed by atoms with Crippen LogP contribution in [-0.4, -0.2) is 29.5 Å². The zero-order valence-electron chi connectivity index (χ0n) is 16.0. The van der Waals surface area contributed by atoms with E-state index < -0.39 is 0 Å². The molecule has 0 atom stereocenters. The Morgan fingerprint density at radius 2 is 1.84 bits per heavy atom. The molecule has 2 aromatic carbocycles. The first-order valence-corrected chi connectivity index (χ1v) is 9.53. The van der Waals surface area contributed by atoms with E-state index in [1.54, 1.807) is 30.9 Å². The van der Waals surface area contributed by atoms with Gasteiger partial charge < -0.3 is 4.52 Å². The van der Waals surface area contributed by atoms with Crippen LogP contribution < -0.4 is 0 Å². The van der Waals surface area contributed by atoms with E-state index in [0.29, 0.717) is 39.8 Å². The van der Waals surface area contributed by atoms with Crippen molar-refractivity contribution in [3.8, 4) is 34.2 Å². The van der Waals surface area contributed by atoms with Gasteiger partial charge in [-0.05, 0) is 18.2 Å². The second kappa shape index (κ2) is 6.81. The maximum absolute atomic E-state index is 13.9. The molecule has 6 rings (SSSR count). The van der Waals surface area contributed by atoms with Gasteiger partial charge in [0.15, 0.2) is 5.65 Å². The Balaban J connectivity index is 1.54. The molecular formula is C23H13FN6O. The molecule has 0 saturated carbocycles. The molecule has 0 amide bonds. The number of pyridine rings is 1. The fraction of sp³-hybridized carbons (Fsp3) is 0. The zero-order valence-corrected chi connectivity index (χ0v) is 16.0. The number of imidazole rings is 1. The van der Waals surface area contributed by atoms with Crippen molar-refractivity contribution in [2.75, 3.05) is 0 Å². The fourth-order valence-corrected chi connectivity index (χ4v) is 3.58. The summed E-state index contributed by atoms with van der Waals surface area (Å²) in [7, 11) is 0. The highest BCUT2D eigenvalue weighted by Crippen LogP contribution is 2.32. The number of rotatable bonds is 3. The Hall–Kier alpha value is -4.46. The summed E-state index contributed by atoms with van der Waals surface area (Å²) in [6.45, 7) is 0. The maximum Gasteiger partial charge on any atom is 0.259 e. The first-order valence-electron chi connectivity index (χ1n) is 9.53. The fourth-order valence-electron chi connectivity index (χ4n) is 3.58. The van der Waals surface area contributed by atoms with Gasteiger partial charge in [-0.15, -0.1) is 0 Å². The first kappa shape index (κ1) is 17.4. The Labute approximate surface area is 174 Å². The van der Waals surface area contributed by atoms with Crippen molar-refractivity contribution in [1.29, 1.82) is 0 Å². The third kappa shape index (κ3) is 2.93. The molecular weight excluding hydrogens is 395 g/mol. The van der Waals surface area contributed by atoms with Crippen molar-refractivity contribution >= 4 is 16.6 Å². The number of benzene rings is 2. The monoisotopic (exact) mass is 408 g/mol. The summed E-state index contributed by atoms with van der Waals surface area (Å²) in [5.74, 6) is 0.346. The molecule has 31 heavy (non-hydrogen) atoms. The van der Waals surface area contributed by atoms with Gasteiger partial charge in [-0.3, -0.25) is 9.38 Å². The third-order valence-electron chi connectivity index (χ3n) is 5.04. The van der Waals surface area contributed by atoms with Crippen molar-refractivity contribution in [1.82, 2.24) is 29.5 Å². The molecule has 0 bridgehead atoms. The lowest BCUT2D eigenvalue weighted by Gasteiger charge is -2.07. The molecule has 0 radical (unpaired) electrons. The van der Waals surface area contributed by atoms with Crippen LogP contribution in [0.4, 0.5) is 4.39 Å². The molecule has 148 valence electrons. The van der Waals surface area contributed by atoms with Gasteiger partial charge in [0.2, 0.25) is 5.82 Å². The highest BCUT2D eigenvalue weighted by Gasteiger charge is 2.18. The molecule has 0 fully saturated rings. The molecule has 4 heterocycles. The molecule has 8 heteroatoms. The van der Waals surface area contributed by atoms with Gasteiger partial charge in [-0.2, -0.15) is 4.98 Å². The molecule has 6 aromatic rings. The maximum atomic E-state index is 13.9. The second-order valence-electron chi connectivity index (χ2n) is 6.95. The Kier molecular flexibility index (Phi) is 3.82. The van der Waals surface area contributed by atoms with Gasteiger partial charge in [-0.25, -0.2) is 14.4 Å². The van der Waals surface area contributed by atoms with E-state index in [0.717, 1.165) is 10.9 Å². The van der Waals surface area contributed by atoms with E-state index in [2.05, 4.69) is 25.1 Å². The Bertz CT molecular complexity index is 1560. The Morgan fingerprint density at radius 3 is 2.74 bits per heavy atom. The largest absolute Gasteiger partial charge is 0.334 e. The lowest BCUT2D eigenvalue weighted by atomic mass is 10.0. The SMILES string of the molecule is Fc1ccc2c(-c3nc(-c4cnc5cnccn45)no3)cc(-c3ccccc3)nc2c1. The van der Waals surface area contributed by atoms with Crippen molar-refractivity contribution in [2.45, 2.75) is 0 Å². The zero-order chi connectivity index (χ0) is 20.8. The summed E-state index contributed by atoms with van der Waals surface area (Å²) >= 11 is 0. The van der Waals surface area contributed by atoms with Crippen LogP contribution in [-0.2, 0) is 0 Å². The summed E-state index contributed by atoms with van der Waals surface area (Å²) in [5, 5.41) is 4.87. The van der Waals surface area contributed by atoms with E-state index in [9.17, 15) is 4.39 Å². The highest BCUT2D eigenvalue weighted by atomic mass is 19.1. The van der Waals surface area contributed by atoms with Crippen LogP contribution in [0.5, 0.6) is 0 Å². The van der Waals surface area contributed by atoms with Crippen LogP contribution in [0.2, 0.25) is 0 Å². The number of hydrogen-bond donors (Lipinski definition) is 0. The first-order chi connectivity index (χ1) is 15.3. The van der Waals surface area contributed by atoms with Crippen LogP contribution >= 0.6 is 0 Å². The van der Waals surface area contributed by atoms with Gasteiger partial charge in [0.1, 0.15) is 11.5 Å². The second-order valence-corrected chi connectivity index (χ2v) is 6.95. The minimum absolute atomic E-state index is 0.315. The number of nitrogens with zero attached hydrogens (tertiary/aromatic N) is 6. The average molecular weight is 408 g/mol. The van der Waals surface area contributed by atoms with Gasteiger partial charge in [0.05, 0.1) is 29.2 Å². The van der Waals surface area contributed by atoms with E-state index in [-0.39, 0.29) is 5.82 Å². The van der Waals surface area contributed by atoms with Gasteiger partial charge >= 0.3 is 0 Å². The van der Waals surface area contributed by atoms with Crippen LogP contribution in [0.1, 0.15) is 0 Å². The van der Waals surface area contributed by atoms with Crippen LogP contribution in [0.15, 0.2) is 83.9 Å². The predicted octanol–water partition coefficient (Wildman–Crippen LogP) is 4.80. The molecule has 0 N–H and O–H groups in total. The number of hydrogen-bond acceptors (Lipinski definition) is 6. The molecule has 0 aliphatic carbocycles. The molecule has 0 spiro atoms. The van der Waals surface area contributed by atoms with Crippen molar-refractivity contribution in [3.63, 3.8) is 0 Å². The minimum Gasteiger partial charge on any atom is -0.334 e. The van der Waals surface area contributed by atoms with E-state index >= 15 is 0 Å². The van der Waals surface area contributed by atoms with Crippen LogP contribution in [0.3, 0.4) is 0 Å². The van der Waals surface area contributed by atoms with Crippen molar-refractivity contribution in [3.05, 3.63) is 85.2 Å². The van der Waals surface area contributed by atoms with Gasteiger partial charge in [0, 0.05) is 29.4 Å². The third-order valence-corrected chi connectivity index (χ3v) is 5.04. The van der Waals surface area contributed by atoms with Gasteiger partial charge in [0.25, 0.3) is 5.89 Å². The molecule has 0 aliphatic heterocycles. The standard InChI is InChI=1S/C23H13FN6O/c24-15-6-7-16-17(11-18(27-19(16)10-15)14-4-2-1-3-5-14)23-28-22(29-31-23)20-12-26-21-13-25-8-9-30(20)21/h1-13H. The van der Waals surface area contributed by atoms with Crippen molar-refractivity contribution in [2.24, 2.45) is 0 Å². The van der Waals surface area contributed by atoms with E-state index in [1.807, 2.05) is 40.8 Å². The van der Waals surface area contributed by atoms with E-state index in [1.165, 1.54) is 12.1 Å². The summed E-state index contributed by atoms with van der Waals surface area (Å²) in [6, 6.07) is 16.0. The van der Waals surface area contributed by atoms with Crippen molar-refractivity contribution < 1.29 is 8.91 Å². The summed E-state index contributed by atoms with van der Waals surface area (Å²) in [5.41, 5.74) is 4.15. The molecule has 0 aliphatic rings. The molecule has 7 nitrogen and oxygen atoms in total. The summed E-state index contributed by atoms with van der Waals surface area (Å²) < 4.78 is 21.4. The average Bonchev–Trinajstić information content (AvgIpc) is 3.46. The highest BCUT2D eigenvalue weighted by molar-refractivity contribution is 5.94. The normalized spacial score (nSPS) is 11.4. The predicted molar refractivity (Wildman–Crippen MR) is 112 cm³/mol. The summed E-state index contributed by atoms with van der Waals surface area (Å²) in [6.07, 6.45) is 6.77. The molecule has 4 aromatic heterocycles. The number of halogens is 1. The number of fused-ring (bicyclic) bond motifs is 2. The topological polar surface area (TPSA) is 82.0 Å². The smallest absolute Gasteiger partial charge is 0.259 e. The molecule has 0 saturated heterocycles. The van der Waals surface area contributed by atoms with Crippen LogP contribution in [0.25, 0.3) is 50.8 Å². The molecule has 0 unspecified atom stereocenters. The van der Waals surface area contributed by atoms with E-state index in [4.69, 9.17) is 4.52 Å². The number of aromatic nitrogens is 6. The minimum atomic E-state index is -0.360. The lowest BCUT2D eigenvalue weighted by molar-refractivity contribution is 0.432. The lowest BCUT2D eigenvalue weighted by Crippen LogP contribution is -1.92. The Morgan fingerprint density at radius 1 is 0.935 bits per heavy atom. The van der Waals surface area contributed by atoms with Gasteiger partial charge in [-0.1, -0.05) is 35.5 Å². The summed E-state index contributed by atoms with van der Waals surface area (Å²) in [4.78, 5) is 17.6. The van der Waals surface area contributed by atoms with Crippen LogP contribution in [0, 0.1) is 5.82 Å².